The molecule has 3 aromatic rings. The van der Waals surface area contributed by atoms with Gasteiger partial charge < -0.3 is 28.4 Å². The molecule has 2 heterocycles. The van der Waals surface area contributed by atoms with Crippen molar-refractivity contribution in [3.8, 4) is 0 Å². The maximum absolute atomic E-state index is 12.1. The summed E-state index contributed by atoms with van der Waals surface area (Å²) in [6.45, 7) is 3.67. The van der Waals surface area contributed by atoms with Gasteiger partial charge in [-0.1, -0.05) is 29.8 Å². The van der Waals surface area contributed by atoms with Crippen LogP contribution in [0.3, 0.4) is 0 Å². The van der Waals surface area contributed by atoms with Gasteiger partial charge in [-0.3, -0.25) is 14.4 Å². The van der Waals surface area contributed by atoms with Gasteiger partial charge in [-0.05, 0) is 41.8 Å². The molecule has 0 saturated carbocycles. The van der Waals surface area contributed by atoms with E-state index in [0.717, 1.165) is 27.7 Å². The second-order valence-corrected chi connectivity index (χ2v) is 9.86. The number of carbonyl (C=O) groups excluding carboxylic acids is 3. The summed E-state index contributed by atoms with van der Waals surface area (Å²) in [5, 5.41) is 1.40. The summed E-state index contributed by atoms with van der Waals surface area (Å²) < 4.78 is 24.5. The third-order valence-corrected chi connectivity index (χ3v) is 6.65. The first-order chi connectivity index (χ1) is 18.0. The lowest BCUT2D eigenvalue weighted by atomic mass is 10.0. The van der Waals surface area contributed by atoms with Crippen molar-refractivity contribution in [2.24, 2.45) is 0 Å². The Bertz CT molecular complexity index is 1330. The Kier molecular flexibility index (Phi) is 8.28. The van der Waals surface area contributed by atoms with Gasteiger partial charge in [-0.15, -0.1) is 0 Å². The summed E-state index contributed by atoms with van der Waals surface area (Å²) in [5.74, 6) is -1.77. The smallest absolute Gasteiger partial charge is 0.303 e. The lowest BCUT2D eigenvalue weighted by Gasteiger charge is -2.41. The number of nitrogens with zero attached hydrogens (tertiary/aromatic N) is 2. The minimum absolute atomic E-state index is 0.0679. The summed E-state index contributed by atoms with van der Waals surface area (Å²) in [6.07, 6.45) is -1.48. The highest BCUT2D eigenvalue weighted by Gasteiger charge is 2.48. The number of hydrogen-bond acceptors (Lipinski definition) is 8. The first kappa shape index (κ1) is 27.5. The molecule has 202 valence electrons. The Balaban J connectivity index is 1.78. The van der Waals surface area contributed by atoms with E-state index in [4.69, 9.17) is 30.5 Å². The molecule has 4 rings (SSSR count). The second kappa shape index (κ2) is 11.4. The molecule has 9 nitrogen and oxygen atoms in total. The van der Waals surface area contributed by atoms with Crippen molar-refractivity contribution in [3.05, 3.63) is 64.8 Å². The molecule has 10 heteroatoms. The van der Waals surface area contributed by atoms with Crippen LogP contribution in [0.15, 0.2) is 48.7 Å². The predicted molar refractivity (Wildman–Crippen MR) is 142 cm³/mol. The van der Waals surface area contributed by atoms with Gasteiger partial charge >= 0.3 is 17.9 Å². The van der Waals surface area contributed by atoms with Gasteiger partial charge in [0.15, 0.2) is 24.5 Å². The molecular formula is C28H31ClN2O7. The fraction of sp³-hybridized carbons (Fsp3) is 0.393. The zero-order valence-electron chi connectivity index (χ0n) is 22.0. The van der Waals surface area contributed by atoms with E-state index in [1.54, 1.807) is 0 Å². The van der Waals surface area contributed by atoms with Crippen molar-refractivity contribution in [2.45, 2.75) is 51.7 Å². The number of fused-ring (bicyclic) bond motifs is 1. The van der Waals surface area contributed by atoms with Gasteiger partial charge in [0.05, 0.1) is 17.1 Å². The molecule has 0 N–H and O–H groups in total. The van der Waals surface area contributed by atoms with Crippen molar-refractivity contribution in [1.82, 2.24) is 4.57 Å². The number of benzene rings is 2. The number of carbonyl (C=O) groups is 3. The molecule has 2 aromatic carbocycles. The van der Waals surface area contributed by atoms with Gasteiger partial charge in [-0.2, -0.15) is 0 Å². The summed E-state index contributed by atoms with van der Waals surface area (Å²) >= 11 is 6.67. The van der Waals surface area contributed by atoms with E-state index in [1.165, 1.54) is 20.8 Å². The van der Waals surface area contributed by atoms with Crippen LogP contribution in [-0.2, 0) is 39.8 Å². The molecule has 0 bridgehead atoms. The van der Waals surface area contributed by atoms with Crippen LogP contribution in [0.5, 0.6) is 0 Å². The Hall–Kier alpha value is -3.56. The van der Waals surface area contributed by atoms with E-state index in [2.05, 4.69) is 24.3 Å². The Morgan fingerprint density at radius 3 is 2.18 bits per heavy atom. The number of halogens is 1. The monoisotopic (exact) mass is 542 g/mol. The average Bonchev–Trinajstić information content (AvgIpc) is 3.20. The fourth-order valence-corrected chi connectivity index (χ4v) is 5.08. The van der Waals surface area contributed by atoms with E-state index in [-0.39, 0.29) is 6.61 Å². The van der Waals surface area contributed by atoms with E-state index in [9.17, 15) is 14.4 Å². The minimum Gasteiger partial charge on any atom is -0.456 e. The SMILES string of the molecule is CC(=O)O[C@@H]1[C@@H](OC(C)=O)[C@H](OC(C)=O)CO[C@H]1n1cc(Cc2ccc(N(C)C)cc2)c2c(Cl)cccc21. The molecule has 1 aliphatic rings. The first-order valence-corrected chi connectivity index (χ1v) is 12.6. The molecule has 0 spiro atoms. The number of anilines is 1. The molecule has 0 unspecified atom stereocenters. The normalized spacial score (nSPS) is 21.1. The van der Waals surface area contributed by atoms with Gasteiger partial charge in [0, 0.05) is 52.1 Å². The third kappa shape index (κ3) is 5.95. The van der Waals surface area contributed by atoms with Gasteiger partial charge in [0.1, 0.15) is 0 Å². The van der Waals surface area contributed by atoms with Gasteiger partial charge in [0.2, 0.25) is 0 Å². The van der Waals surface area contributed by atoms with Crippen molar-refractivity contribution >= 4 is 46.1 Å². The molecule has 1 aromatic heterocycles. The standard InChI is InChI=1S/C28H31ClN2O7/c1-16(32)36-24-15-35-28(27(38-18(3)34)26(24)37-17(2)33)31-14-20(25-22(29)7-6-8-23(25)31)13-19-9-11-21(12-10-19)30(4)5/h6-12,14,24,26-28H,13,15H2,1-5H3/t24-,26+,27-,28-/m1/s1. The maximum atomic E-state index is 12.1. The zero-order valence-corrected chi connectivity index (χ0v) is 22.7. The van der Waals surface area contributed by atoms with Crippen molar-refractivity contribution in [2.75, 3.05) is 25.6 Å². The van der Waals surface area contributed by atoms with Gasteiger partial charge in [-0.25, -0.2) is 0 Å². The van der Waals surface area contributed by atoms with Crippen molar-refractivity contribution < 1.29 is 33.3 Å². The average molecular weight is 543 g/mol. The van der Waals surface area contributed by atoms with E-state index in [1.807, 2.05) is 48.0 Å². The highest BCUT2D eigenvalue weighted by molar-refractivity contribution is 6.35. The first-order valence-electron chi connectivity index (χ1n) is 12.2. The summed E-state index contributed by atoms with van der Waals surface area (Å²) in [7, 11) is 3.97. The van der Waals surface area contributed by atoms with Crippen LogP contribution in [-0.4, -0.2) is 61.5 Å². The molecule has 4 atom stereocenters. The highest BCUT2D eigenvalue weighted by Crippen LogP contribution is 2.37. The Labute approximate surface area is 226 Å². The number of ether oxygens (including phenoxy) is 4. The molecule has 0 aliphatic carbocycles. The van der Waals surface area contributed by atoms with Crippen LogP contribution in [0.1, 0.15) is 38.1 Å². The number of aromatic nitrogens is 1. The summed E-state index contributed by atoms with van der Waals surface area (Å²) in [6, 6.07) is 13.8. The van der Waals surface area contributed by atoms with Crippen LogP contribution < -0.4 is 4.90 Å². The summed E-state index contributed by atoms with van der Waals surface area (Å²) in [5.41, 5.74) is 3.88. The molecule has 1 saturated heterocycles. The molecule has 38 heavy (non-hydrogen) atoms. The fourth-order valence-electron chi connectivity index (χ4n) is 4.79. The number of rotatable bonds is 7. The highest BCUT2D eigenvalue weighted by atomic mass is 35.5. The van der Waals surface area contributed by atoms with E-state index < -0.39 is 42.4 Å². The van der Waals surface area contributed by atoms with Crippen molar-refractivity contribution in [3.63, 3.8) is 0 Å². The minimum atomic E-state index is -1.09. The van der Waals surface area contributed by atoms with Gasteiger partial charge in [0.25, 0.3) is 0 Å². The quantitative estimate of drug-likeness (QED) is 0.322. The number of hydrogen-bond donors (Lipinski definition) is 0. The summed E-state index contributed by atoms with van der Waals surface area (Å²) in [4.78, 5) is 37.9. The Morgan fingerprint density at radius 2 is 1.58 bits per heavy atom. The van der Waals surface area contributed by atoms with Crippen LogP contribution in [0.2, 0.25) is 5.02 Å². The molecule has 0 radical (unpaired) electrons. The van der Waals surface area contributed by atoms with Crippen LogP contribution in [0.4, 0.5) is 5.69 Å². The zero-order chi connectivity index (χ0) is 27.6. The lowest BCUT2D eigenvalue weighted by molar-refractivity contribution is -0.239. The molecular weight excluding hydrogens is 512 g/mol. The van der Waals surface area contributed by atoms with E-state index in [0.29, 0.717) is 11.4 Å². The maximum Gasteiger partial charge on any atom is 0.303 e. The topological polar surface area (TPSA) is 96.3 Å². The second-order valence-electron chi connectivity index (χ2n) is 9.45. The molecule has 1 fully saturated rings. The predicted octanol–water partition coefficient (Wildman–Crippen LogP) is 4.28. The number of esters is 3. The van der Waals surface area contributed by atoms with Crippen LogP contribution >= 0.6 is 11.6 Å². The Morgan fingerprint density at radius 1 is 0.947 bits per heavy atom. The molecule has 0 amide bonds. The molecule has 1 aliphatic heterocycles. The van der Waals surface area contributed by atoms with Crippen molar-refractivity contribution in [1.29, 1.82) is 0 Å². The van der Waals surface area contributed by atoms with E-state index >= 15 is 0 Å². The largest absolute Gasteiger partial charge is 0.456 e. The van der Waals surface area contributed by atoms with Crippen LogP contribution in [0.25, 0.3) is 10.9 Å². The lowest BCUT2D eigenvalue weighted by Crippen LogP contribution is -2.55. The van der Waals surface area contributed by atoms with Crippen LogP contribution in [0, 0.1) is 0 Å². The third-order valence-electron chi connectivity index (χ3n) is 6.33.